The minimum absolute atomic E-state index is 0.242. The zero-order valence-corrected chi connectivity index (χ0v) is 17.6. The van der Waals surface area contributed by atoms with Crippen LogP contribution >= 0.6 is 11.8 Å². The number of likely N-dealkylation sites (tertiary alicyclic amines) is 1. The summed E-state index contributed by atoms with van der Waals surface area (Å²) in [5.74, 6) is -1.32. The van der Waals surface area contributed by atoms with Gasteiger partial charge in [0.1, 0.15) is 5.60 Å². The molecule has 28 heavy (non-hydrogen) atoms. The molecule has 7 nitrogen and oxygen atoms in total. The molecule has 1 aromatic rings. The zero-order chi connectivity index (χ0) is 20.7. The van der Waals surface area contributed by atoms with Crippen molar-refractivity contribution >= 4 is 35.4 Å². The van der Waals surface area contributed by atoms with Crippen LogP contribution in [0.15, 0.2) is 29.2 Å². The molecule has 2 rings (SSSR count). The molecule has 1 heterocycles. The number of carbonyl (C=O) groups excluding carboxylic acids is 3. The summed E-state index contributed by atoms with van der Waals surface area (Å²) in [6.07, 6.45) is 2.85. The summed E-state index contributed by atoms with van der Waals surface area (Å²) >= 11 is 1.61. The Kier molecular flexibility index (Phi) is 7.74. The Balaban J connectivity index is 1.79. The summed E-state index contributed by atoms with van der Waals surface area (Å²) in [6, 6.07) is 7.40. The second-order valence-corrected chi connectivity index (χ2v) is 8.53. The highest BCUT2D eigenvalue weighted by atomic mass is 32.2. The van der Waals surface area contributed by atoms with E-state index in [4.69, 9.17) is 9.47 Å². The van der Waals surface area contributed by atoms with Gasteiger partial charge in [0.25, 0.3) is 5.91 Å². The standard InChI is InChI=1S/C20H28N2O5S/c1-20(2,3)27-19(25)22-11-5-6-14(12-22)18(24)26-13-17(23)21-15-7-9-16(28-4)10-8-15/h7-10,14H,5-6,11-13H2,1-4H3,(H,21,23). The number of piperidine rings is 1. The number of carbonyl (C=O) groups is 3. The van der Waals surface area contributed by atoms with E-state index in [0.717, 1.165) is 4.90 Å². The van der Waals surface area contributed by atoms with E-state index >= 15 is 0 Å². The summed E-state index contributed by atoms with van der Waals surface area (Å²) in [5, 5.41) is 2.69. The molecule has 1 fully saturated rings. The van der Waals surface area contributed by atoms with E-state index in [0.29, 0.717) is 25.1 Å². The fraction of sp³-hybridized carbons (Fsp3) is 0.550. The van der Waals surface area contributed by atoms with Gasteiger partial charge in [0, 0.05) is 23.7 Å². The molecule has 0 aliphatic carbocycles. The molecule has 0 aromatic heterocycles. The highest BCUT2D eigenvalue weighted by molar-refractivity contribution is 7.98. The van der Waals surface area contributed by atoms with Crippen molar-refractivity contribution in [2.45, 2.75) is 44.1 Å². The average molecular weight is 409 g/mol. The summed E-state index contributed by atoms with van der Waals surface area (Å²) in [5.41, 5.74) is 0.0593. The number of benzene rings is 1. The van der Waals surface area contributed by atoms with Gasteiger partial charge in [-0.05, 0) is 64.1 Å². The number of anilines is 1. The maximum absolute atomic E-state index is 12.3. The number of hydrogen-bond donors (Lipinski definition) is 1. The Labute approximate surface area is 170 Å². The van der Waals surface area contributed by atoms with E-state index in [-0.39, 0.29) is 13.2 Å². The summed E-state index contributed by atoms with van der Waals surface area (Å²) < 4.78 is 10.5. The van der Waals surface area contributed by atoms with Gasteiger partial charge in [-0.3, -0.25) is 9.59 Å². The van der Waals surface area contributed by atoms with Crippen LogP contribution in [0.4, 0.5) is 10.5 Å². The Hall–Kier alpha value is -2.22. The summed E-state index contributed by atoms with van der Waals surface area (Å²) in [7, 11) is 0. The Bertz CT molecular complexity index is 700. The predicted octanol–water partition coefficient (Wildman–Crippen LogP) is 3.54. The number of thioether (sulfide) groups is 1. The van der Waals surface area contributed by atoms with Crippen LogP contribution in [0.25, 0.3) is 0 Å². The molecule has 2 amide bonds. The molecule has 1 aliphatic heterocycles. The third kappa shape index (κ3) is 7.07. The van der Waals surface area contributed by atoms with Gasteiger partial charge >= 0.3 is 12.1 Å². The first kappa shape index (κ1) is 22.1. The van der Waals surface area contributed by atoms with Crippen LogP contribution in [-0.2, 0) is 19.1 Å². The molecule has 154 valence electrons. The van der Waals surface area contributed by atoms with E-state index in [9.17, 15) is 14.4 Å². The zero-order valence-electron chi connectivity index (χ0n) is 16.8. The van der Waals surface area contributed by atoms with Gasteiger partial charge < -0.3 is 19.7 Å². The molecule has 0 radical (unpaired) electrons. The van der Waals surface area contributed by atoms with Crippen LogP contribution in [0.1, 0.15) is 33.6 Å². The second-order valence-electron chi connectivity index (χ2n) is 7.65. The van der Waals surface area contributed by atoms with Crippen LogP contribution in [0.5, 0.6) is 0 Å². The molecule has 0 spiro atoms. The monoisotopic (exact) mass is 408 g/mol. The topological polar surface area (TPSA) is 84.9 Å². The molecular weight excluding hydrogens is 380 g/mol. The lowest BCUT2D eigenvalue weighted by molar-refractivity contribution is -0.153. The minimum Gasteiger partial charge on any atom is -0.455 e. The number of rotatable bonds is 5. The van der Waals surface area contributed by atoms with Gasteiger partial charge in [0.15, 0.2) is 6.61 Å². The van der Waals surface area contributed by atoms with Crippen LogP contribution in [0.2, 0.25) is 0 Å². The molecule has 1 aromatic carbocycles. The fourth-order valence-electron chi connectivity index (χ4n) is 2.79. The lowest BCUT2D eigenvalue weighted by atomic mass is 9.98. The van der Waals surface area contributed by atoms with Crippen LogP contribution in [-0.4, -0.2) is 54.4 Å². The SMILES string of the molecule is CSc1ccc(NC(=O)COC(=O)C2CCCN(C(=O)OC(C)(C)C)C2)cc1. The number of hydrogen-bond acceptors (Lipinski definition) is 6. The number of nitrogens with zero attached hydrogens (tertiary/aromatic N) is 1. The Morgan fingerprint density at radius 2 is 1.89 bits per heavy atom. The highest BCUT2D eigenvalue weighted by Crippen LogP contribution is 2.21. The first-order valence-corrected chi connectivity index (χ1v) is 10.5. The number of ether oxygens (including phenoxy) is 2. The third-order valence-electron chi connectivity index (χ3n) is 4.13. The van der Waals surface area contributed by atoms with Crippen molar-refractivity contribution in [2.75, 3.05) is 31.3 Å². The van der Waals surface area contributed by atoms with Gasteiger partial charge in [-0.15, -0.1) is 11.8 Å². The van der Waals surface area contributed by atoms with E-state index in [1.165, 1.54) is 4.90 Å². The normalized spacial score (nSPS) is 17.0. The van der Waals surface area contributed by atoms with Crippen molar-refractivity contribution in [2.24, 2.45) is 5.92 Å². The first-order chi connectivity index (χ1) is 13.2. The van der Waals surface area contributed by atoms with Crippen LogP contribution < -0.4 is 5.32 Å². The number of esters is 1. The number of nitrogens with one attached hydrogen (secondary N) is 1. The van der Waals surface area contributed by atoms with Crippen molar-refractivity contribution in [3.05, 3.63) is 24.3 Å². The maximum Gasteiger partial charge on any atom is 0.410 e. The summed E-state index contributed by atoms with van der Waals surface area (Å²) in [6.45, 7) is 5.83. The lowest BCUT2D eigenvalue weighted by Crippen LogP contribution is -2.45. The molecule has 0 bridgehead atoms. The molecule has 1 saturated heterocycles. The van der Waals surface area contributed by atoms with Crippen molar-refractivity contribution in [3.8, 4) is 0 Å². The summed E-state index contributed by atoms with van der Waals surface area (Å²) in [4.78, 5) is 39.1. The van der Waals surface area contributed by atoms with E-state index in [2.05, 4.69) is 5.32 Å². The molecule has 8 heteroatoms. The predicted molar refractivity (Wildman–Crippen MR) is 108 cm³/mol. The van der Waals surface area contributed by atoms with E-state index in [1.54, 1.807) is 44.7 Å². The first-order valence-electron chi connectivity index (χ1n) is 9.26. The van der Waals surface area contributed by atoms with Crippen molar-refractivity contribution in [1.29, 1.82) is 0 Å². The molecule has 1 aliphatic rings. The lowest BCUT2D eigenvalue weighted by Gasteiger charge is -2.33. The Morgan fingerprint density at radius 3 is 2.50 bits per heavy atom. The van der Waals surface area contributed by atoms with Gasteiger partial charge in [-0.2, -0.15) is 0 Å². The average Bonchev–Trinajstić information content (AvgIpc) is 2.65. The van der Waals surface area contributed by atoms with Crippen LogP contribution in [0.3, 0.4) is 0 Å². The molecule has 1 N–H and O–H groups in total. The van der Waals surface area contributed by atoms with Gasteiger partial charge in [-0.25, -0.2) is 4.79 Å². The van der Waals surface area contributed by atoms with Gasteiger partial charge in [0.05, 0.1) is 5.92 Å². The minimum atomic E-state index is -0.587. The van der Waals surface area contributed by atoms with Crippen molar-refractivity contribution in [3.63, 3.8) is 0 Å². The van der Waals surface area contributed by atoms with Crippen molar-refractivity contribution in [1.82, 2.24) is 4.90 Å². The molecule has 1 unspecified atom stereocenters. The highest BCUT2D eigenvalue weighted by Gasteiger charge is 2.32. The van der Waals surface area contributed by atoms with E-state index in [1.807, 2.05) is 18.4 Å². The Morgan fingerprint density at radius 1 is 1.21 bits per heavy atom. The second kappa shape index (κ2) is 9.82. The largest absolute Gasteiger partial charge is 0.455 e. The smallest absolute Gasteiger partial charge is 0.410 e. The molecular formula is C20H28N2O5S. The van der Waals surface area contributed by atoms with E-state index < -0.39 is 29.5 Å². The molecule has 1 atom stereocenters. The van der Waals surface area contributed by atoms with Crippen molar-refractivity contribution < 1.29 is 23.9 Å². The number of amides is 2. The van der Waals surface area contributed by atoms with Gasteiger partial charge in [0.2, 0.25) is 0 Å². The molecule has 0 saturated carbocycles. The van der Waals surface area contributed by atoms with Gasteiger partial charge in [-0.1, -0.05) is 0 Å². The third-order valence-corrected chi connectivity index (χ3v) is 4.87. The fourth-order valence-corrected chi connectivity index (χ4v) is 3.20. The quantitative estimate of drug-likeness (QED) is 0.593. The maximum atomic E-state index is 12.3. The van der Waals surface area contributed by atoms with Crippen LogP contribution in [0, 0.1) is 5.92 Å².